The Morgan fingerprint density at radius 1 is 1.25 bits per heavy atom. The first-order chi connectivity index (χ1) is 16.5. The highest BCUT2D eigenvalue weighted by Gasteiger charge is 2.37. The zero-order chi connectivity index (χ0) is 27.1. The first-order valence-corrected chi connectivity index (χ1v) is 14.5. The number of anilines is 1. The summed E-state index contributed by atoms with van der Waals surface area (Å²) in [5, 5.41) is 3.59. The van der Waals surface area contributed by atoms with Crippen molar-refractivity contribution in [2.24, 2.45) is 0 Å². The van der Waals surface area contributed by atoms with Crippen molar-refractivity contribution in [3.8, 4) is 5.75 Å². The Balaban J connectivity index is 2.03. The van der Waals surface area contributed by atoms with Gasteiger partial charge < -0.3 is 9.47 Å². The highest BCUT2D eigenvalue weighted by molar-refractivity contribution is 7.93. The van der Waals surface area contributed by atoms with Gasteiger partial charge in [0.25, 0.3) is 10.0 Å². The minimum Gasteiger partial charge on any atom is -0.486 e. The second kappa shape index (κ2) is 9.96. The molecule has 1 aliphatic rings. The van der Waals surface area contributed by atoms with Crippen LogP contribution in [0.15, 0.2) is 29.3 Å². The Morgan fingerprint density at radius 2 is 1.92 bits per heavy atom. The Kier molecular flexibility index (Phi) is 7.70. The summed E-state index contributed by atoms with van der Waals surface area (Å²) < 4.78 is 89.4. The van der Waals surface area contributed by atoms with E-state index < -0.39 is 49.0 Å². The molecule has 1 atom stereocenters. The van der Waals surface area contributed by atoms with Gasteiger partial charge in [-0.2, -0.15) is 13.9 Å². The molecule has 3 rings (SSSR count). The molecule has 2 aromatic rings. The van der Waals surface area contributed by atoms with E-state index >= 15 is 0 Å². The number of carbonyl (C=O) groups excluding carboxylic acids is 1. The number of fused-ring (bicyclic) bond motifs is 1. The van der Waals surface area contributed by atoms with Crippen LogP contribution < -0.4 is 9.04 Å². The lowest BCUT2D eigenvalue weighted by Gasteiger charge is -2.35. The predicted molar refractivity (Wildman–Crippen MR) is 127 cm³/mol. The van der Waals surface area contributed by atoms with Crippen molar-refractivity contribution in [3.63, 3.8) is 0 Å². The van der Waals surface area contributed by atoms with Crippen molar-refractivity contribution in [3.05, 3.63) is 35.7 Å². The van der Waals surface area contributed by atoms with Gasteiger partial charge in [0, 0.05) is 6.26 Å². The molecule has 0 radical (unpaired) electrons. The molecule has 200 valence electrons. The monoisotopic (exact) mass is 549 g/mol. The number of aromatic nitrogens is 2. The van der Waals surface area contributed by atoms with Crippen LogP contribution in [-0.4, -0.2) is 62.8 Å². The van der Waals surface area contributed by atoms with Crippen LogP contribution in [-0.2, 0) is 35.8 Å². The SMILES string of the molecule is Cc1nn(C(F)F)cc1S(=O)(=O)N1C[C@H](CCS(C)(=O)=O)Oc2ccc(CC(=O)OC(C)(C)C)cc21. The number of aryl methyl sites for hydroxylation is 1. The number of sulfonamides is 1. The van der Waals surface area contributed by atoms with Crippen molar-refractivity contribution >= 4 is 31.5 Å². The number of hydrogen-bond acceptors (Lipinski definition) is 8. The van der Waals surface area contributed by atoms with Crippen LogP contribution in [0.3, 0.4) is 0 Å². The van der Waals surface area contributed by atoms with E-state index in [1.54, 1.807) is 26.8 Å². The number of rotatable bonds is 8. The number of esters is 1. The molecule has 1 aromatic heterocycles. The van der Waals surface area contributed by atoms with Crippen LogP contribution in [0.5, 0.6) is 5.75 Å². The van der Waals surface area contributed by atoms with E-state index in [9.17, 15) is 30.4 Å². The Bertz CT molecular complexity index is 1350. The number of nitrogens with zero attached hydrogens (tertiary/aromatic N) is 3. The van der Waals surface area contributed by atoms with E-state index in [-0.39, 0.29) is 47.0 Å². The van der Waals surface area contributed by atoms with Gasteiger partial charge in [-0.25, -0.2) is 21.5 Å². The summed E-state index contributed by atoms with van der Waals surface area (Å²) in [5.41, 5.74) is -0.294. The lowest BCUT2D eigenvalue weighted by Crippen LogP contribution is -2.44. The van der Waals surface area contributed by atoms with Gasteiger partial charge in [0.2, 0.25) is 0 Å². The fourth-order valence-corrected chi connectivity index (χ4v) is 6.02. The quantitative estimate of drug-likeness (QED) is 0.461. The lowest BCUT2D eigenvalue weighted by molar-refractivity contribution is -0.153. The minimum absolute atomic E-state index is 0.0131. The van der Waals surface area contributed by atoms with E-state index in [1.165, 1.54) is 19.1 Å². The van der Waals surface area contributed by atoms with Crippen LogP contribution >= 0.6 is 0 Å². The molecular formula is C22H29F2N3O7S2. The van der Waals surface area contributed by atoms with Crippen molar-refractivity contribution in [1.82, 2.24) is 9.78 Å². The molecular weight excluding hydrogens is 520 g/mol. The number of benzene rings is 1. The van der Waals surface area contributed by atoms with Crippen LogP contribution in [0.25, 0.3) is 0 Å². The molecule has 0 fully saturated rings. The van der Waals surface area contributed by atoms with Gasteiger partial charge in [-0.05, 0) is 51.8 Å². The Labute approximate surface area is 209 Å². The van der Waals surface area contributed by atoms with Crippen molar-refractivity contribution < 1.29 is 39.9 Å². The summed E-state index contributed by atoms with van der Waals surface area (Å²) in [6, 6.07) is 4.52. The molecule has 0 aliphatic carbocycles. The van der Waals surface area contributed by atoms with E-state index in [0.717, 1.165) is 16.8 Å². The maximum absolute atomic E-state index is 13.6. The summed E-state index contributed by atoms with van der Waals surface area (Å²) in [6.45, 7) is 3.16. The zero-order valence-electron chi connectivity index (χ0n) is 20.6. The van der Waals surface area contributed by atoms with Gasteiger partial charge in [0.1, 0.15) is 32.2 Å². The van der Waals surface area contributed by atoms with E-state index in [4.69, 9.17) is 9.47 Å². The van der Waals surface area contributed by atoms with Gasteiger partial charge >= 0.3 is 12.5 Å². The average Bonchev–Trinajstić information content (AvgIpc) is 3.12. The molecule has 36 heavy (non-hydrogen) atoms. The molecule has 0 saturated heterocycles. The van der Waals surface area contributed by atoms with Crippen LogP contribution in [0.4, 0.5) is 14.5 Å². The molecule has 10 nitrogen and oxygen atoms in total. The predicted octanol–water partition coefficient (Wildman–Crippen LogP) is 2.86. The van der Waals surface area contributed by atoms with Crippen LogP contribution in [0.1, 0.15) is 45.0 Å². The van der Waals surface area contributed by atoms with Gasteiger partial charge in [0.05, 0.1) is 36.3 Å². The molecule has 0 N–H and O–H groups in total. The second-order valence-corrected chi connectivity index (χ2v) is 13.7. The summed E-state index contributed by atoms with van der Waals surface area (Å²) in [5.74, 6) is -0.608. The van der Waals surface area contributed by atoms with Crippen LogP contribution in [0, 0.1) is 6.92 Å². The third-order valence-corrected chi connectivity index (χ3v) is 8.03. The van der Waals surface area contributed by atoms with E-state index in [2.05, 4.69) is 5.10 Å². The number of sulfone groups is 1. The average molecular weight is 550 g/mol. The van der Waals surface area contributed by atoms with Crippen molar-refractivity contribution in [2.45, 2.75) is 63.7 Å². The molecule has 0 amide bonds. The number of ether oxygens (including phenoxy) is 2. The standard InChI is InChI=1S/C22H29F2N3O7S2/c1-14-19(13-26(25-14)21(23)24)36(31,32)27-12-16(8-9-35(5,29)30)33-18-7-6-15(10-17(18)27)11-20(28)34-22(2,3)4/h6-7,10,13,16,21H,8-9,11-12H2,1-5H3/t16-/m0/s1. The summed E-state index contributed by atoms with van der Waals surface area (Å²) in [7, 11) is -7.76. The number of halogens is 2. The fourth-order valence-electron chi connectivity index (χ4n) is 3.67. The minimum atomic E-state index is -4.41. The molecule has 14 heteroatoms. The zero-order valence-corrected chi connectivity index (χ0v) is 22.2. The number of hydrogen-bond donors (Lipinski definition) is 0. The van der Waals surface area contributed by atoms with Crippen LogP contribution in [0.2, 0.25) is 0 Å². The molecule has 0 saturated carbocycles. The maximum Gasteiger partial charge on any atom is 0.333 e. The fraction of sp³-hybridized carbons (Fsp3) is 0.545. The molecule has 1 aromatic carbocycles. The largest absolute Gasteiger partial charge is 0.486 e. The third kappa shape index (κ3) is 6.72. The number of carbonyl (C=O) groups is 1. The van der Waals surface area contributed by atoms with Gasteiger partial charge in [0.15, 0.2) is 0 Å². The van der Waals surface area contributed by atoms with Gasteiger partial charge in [-0.15, -0.1) is 0 Å². The highest BCUT2D eigenvalue weighted by Crippen LogP contribution is 2.39. The maximum atomic E-state index is 13.6. The Morgan fingerprint density at radius 3 is 2.47 bits per heavy atom. The molecule has 0 spiro atoms. The molecule has 0 unspecified atom stereocenters. The summed E-state index contributed by atoms with van der Waals surface area (Å²) in [6.07, 6.45) is 0.866. The molecule has 2 heterocycles. The van der Waals surface area contributed by atoms with E-state index in [0.29, 0.717) is 5.56 Å². The second-order valence-electron chi connectivity index (χ2n) is 9.60. The van der Waals surface area contributed by atoms with Crippen molar-refractivity contribution in [2.75, 3.05) is 22.9 Å². The van der Waals surface area contributed by atoms with E-state index in [1.807, 2.05) is 0 Å². The van der Waals surface area contributed by atoms with Crippen molar-refractivity contribution in [1.29, 1.82) is 0 Å². The topological polar surface area (TPSA) is 125 Å². The third-order valence-electron chi connectivity index (χ3n) is 5.17. The first-order valence-electron chi connectivity index (χ1n) is 11.0. The van der Waals surface area contributed by atoms with Gasteiger partial charge in [-0.1, -0.05) is 6.07 Å². The normalized spacial score (nSPS) is 16.6. The summed E-state index contributed by atoms with van der Waals surface area (Å²) in [4.78, 5) is 11.9. The molecule has 1 aliphatic heterocycles. The van der Waals surface area contributed by atoms with Gasteiger partial charge in [-0.3, -0.25) is 9.10 Å². The first kappa shape index (κ1) is 27.8. The molecule has 0 bridgehead atoms. The summed E-state index contributed by atoms with van der Waals surface area (Å²) >= 11 is 0. The Hall–Kier alpha value is -2.74. The highest BCUT2D eigenvalue weighted by atomic mass is 32.2. The smallest absolute Gasteiger partial charge is 0.333 e. The number of alkyl halides is 2. The lowest BCUT2D eigenvalue weighted by atomic mass is 10.1.